The van der Waals surface area contributed by atoms with Gasteiger partial charge < -0.3 is 28.8 Å². The van der Waals surface area contributed by atoms with E-state index in [4.69, 9.17) is 9.05 Å². The summed E-state index contributed by atoms with van der Waals surface area (Å²) in [6.45, 7) is 4.68. The van der Waals surface area contributed by atoms with Crippen molar-refractivity contribution in [3.63, 3.8) is 0 Å². The van der Waals surface area contributed by atoms with Gasteiger partial charge in [-0.3, -0.25) is 9.36 Å². The van der Waals surface area contributed by atoms with Crippen LogP contribution < -0.4 is 10.2 Å². The quantitative estimate of drug-likeness (QED) is 0.0272. The molecule has 0 saturated heterocycles. The lowest BCUT2D eigenvalue weighted by Crippen LogP contribution is -2.45. The van der Waals surface area contributed by atoms with Crippen molar-refractivity contribution in [3.8, 4) is 0 Å². The molecule has 1 amide bonds. The number of amides is 1. The molecule has 72 heavy (non-hydrogen) atoms. The maximum absolute atomic E-state index is 13.0. The van der Waals surface area contributed by atoms with Gasteiger partial charge in [-0.05, 0) is 32.1 Å². The average molecular weight is 1040 g/mol. The van der Waals surface area contributed by atoms with E-state index < -0.39 is 20.0 Å². The van der Waals surface area contributed by atoms with E-state index in [1.54, 1.807) is 6.08 Å². The number of phosphoric acid groups is 1. The first-order valence-electron chi connectivity index (χ1n) is 31.7. The molecule has 0 fully saturated rings. The van der Waals surface area contributed by atoms with Crippen LogP contribution in [0, 0.1) is 0 Å². The first-order valence-corrected chi connectivity index (χ1v) is 33.2. The lowest BCUT2D eigenvalue weighted by atomic mass is 10.0. The van der Waals surface area contributed by atoms with Gasteiger partial charge in [-0.1, -0.05) is 308 Å². The molecule has 0 aliphatic heterocycles. The van der Waals surface area contributed by atoms with Gasteiger partial charge in [0.15, 0.2) is 0 Å². The van der Waals surface area contributed by atoms with E-state index >= 15 is 0 Å². The summed E-state index contributed by atoms with van der Waals surface area (Å²) in [6.07, 6.45) is 70.0. The molecule has 0 aliphatic carbocycles. The van der Waals surface area contributed by atoms with Crippen LogP contribution in [0.15, 0.2) is 24.3 Å². The Morgan fingerprint density at radius 2 is 0.778 bits per heavy atom. The van der Waals surface area contributed by atoms with Gasteiger partial charge in [0.2, 0.25) is 5.91 Å². The molecule has 2 N–H and O–H groups in total. The third-order valence-corrected chi connectivity index (χ3v) is 15.6. The van der Waals surface area contributed by atoms with Crippen LogP contribution in [0.4, 0.5) is 0 Å². The van der Waals surface area contributed by atoms with Crippen molar-refractivity contribution in [2.75, 3.05) is 40.9 Å². The molecule has 8 nitrogen and oxygen atoms in total. The fourth-order valence-corrected chi connectivity index (χ4v) is 10.4. The van der Waals surface area contributed by atoms with Gasteiger partial charge in [0.05, 0.1) is 39.9 Å². The summed E-state index contributed by atoms with van der Waals surface area (Å²) in [5, 5.41) is 13.9. The molecule has 3 unspecified atom stereocenters. The molecule has 0 heterocycles. The number of nitrogens with one attached hydrogen (secondary N) is 1. The molecule has 0 bridgehead atoms. The number of unbranched alkanes of at least 4 members (excludes halogenated alkanes) is 44. The number of aliphatic hydroxyl groups is 1. The van der Waals surface area contributed by atoms with Crippen LogP contribution in [-0.4, -0.2) is 68.5 Å². The van der Waals surface area contributed by atoms with Gasteiger partial charge >= 0.3 is 0 Å². The number of carbonyl (C=O) groups is 1. The van der Waals surface area contributed by atoms with Crippen molar-refractivity contribution >= 4 is 13.7 Å². The summed E-state index contributed by atoms with van der Waals surface area (Å²) >= 11 is 0. The molecule has 0 radical (unpaired) electrons. The highest BCUT2D eigenvalue weighted by Gasteiger charge is 2.23. The number of carbonyl (C=O) groups excluding carboxylic acids is 1. The molecule has 428 valence electrons. The Bertz CT molecular complexity index is 1220. The van der Waals surface area contributed by atoms with Gasteiger partial charge in [-0.15, -0.1) is 0 Å². The molecule has 9 heteroatoms. The van der Waals surface area contributed by atoms with E-state index in [1.165, 1.54) is 263 Å². The van der Waals surface area contributed by atoms with Crippen molar-refractivity contribution < 1.29 is 32.9 Å². The second-order valence-corrected chi connectivity index (χ2v) is 24.5. The molecule has 0 rings (SSSR count). The van der Waals surface area contributed by atoms with E-state index in [9.17, 15) is 19.4 Å². The lowest BCUT2D eigenvalue weighted by Gasteiger charge is -2.29. The number of quaternary nitrogens is 1. The van der Waals surface area contributed by atoms with Crippen molar-refractivity contribution in [1.29, 1.82) is 0 Å². The second-order valence-electron chi connectivity index (χ2n) is 23.1. The Morgan fingerprint density at radius 3 is 1.12 bits per heavy atom. The van der Waals surface area contributed by atoms with Crippen molar-refractivity contribution in [3.05, 3.63) is 24.3 Å². The fourth-order valence-electron chi connectivity index (χ4n) is 9.70. The summed E-state index contributed by atoms with van der Waals surface area (Å²) in [7, 11) is 1.26. The Hall–Kier alpha value is -1.02. The van der Waals surface area contributed by atoms with Gasteiger partial charge in [0.25, 0.3) is 7.82 Å². The lowest BCUT2D eigenvalue weighted by molar-refractivity contribution is -0.870. The number of allylic oxidation sites excluding steroid dienone is 3. The van der Waals surface area contributed by atoms with Crippen LogP contribution in [-0.2, 0) is 18.4 Å². The van der Waals surface area contributed by atoms with Gasteiger partial charge in [-0.2, -0.15) is 0 Å². The number of likely N-dealkylation sites (N-methyl/N-ethyl adjacent to an activating group) is 1. The fraction of sp³-hybridized carbons (Fsp3) is 0.921. The molecule has 0 aliphatic rings. The normalized spacial score (nSPS) is 13.9. The van der Waals surface area contributed by atoms with Crippen LogP contribution in [0.2, 0.25) is 0 Å². The highest BCUT2D eigenvalue weighted by Crippen LogP contribution is 2.38. The maximum atomic E-state index is 13.0. The molecular weight excluding hydrogens is 912 g/mol. The number of aliphatic hydroxyl groups excluding tert-OH is 1. The number of phosphoric ester groups is 1. The number of rotatable bonds is 59. The van der Waals surface area contributed by atoms with Crippen molar-refractivity contribution in [2.24, 2.45) is 0 Å². The van der Waals surface area contributed by atoms with E-state index in [0.717, 1.165) is 38.5 Å². The van der Waals surface area contributed by atoms with Crippen LogP contribution in [0.25, 0.3) is 0 Å². The van der Waals surface area contributed by atoms with Crippen molar-refractivity contribution in [1.82, 2.24) is 5.32 Å². The van der Waals surface area contributed by atoms with E-state index in [2.05, 4.69) is 31.3 Å². The van der Waals surface area contributed by atoms with E-state index in [0.29, 0.717) is 17.4 Å². The zero-order chi connectivity index (χ0) is 52.7. The standard InChI is InChI=1S/C63H125N2O6P/c1-6-8-10-12-14-16-18-20-22-24-26-27-28-29-30-31-32-33-34-35-36-37-39-40-42-44-46-48-50-52-54-56-62(66)61(60-71-72(68,69)70-59-58-65(3,4)5)64-63(67)57-55-53-51-49-47-45-43-41-38-25-23-21-19-17-15-13-11-9-7-2/h46,48,54,56,61-62,66H,6-45,47,49-53,55,57-60H2,1-5H3,(H-,64,67,68,69)/b48-46+,56-54+. The molecule has 0 saturated carbocycles. The largest absolute Gasteiger partial charge is 0.756 e. The molecule has 0 aromatic heterocycles. The van der Waals surface area contributed by atoms with E-state index in [1.807, 2.05) is 27.2 Å². The topological polar surface area (TPSA) is 108 Å². The third-order valence-electron chi connectivity index (χ3n) is 14.7. The minimum atomic E-state index is -4.60. The SMILES string of the molecule is CCCCCCCCCCCCCCCCCCCCCCCCCCC/C=C/CC/C=C/C(O)C(COP(=O)([O-])OCC[N+](C)(C)C)NC(=O)CCCCCCCCCCCCCCCCCCCCC. The summed E-state index contributed by atoms with van der Waals surface area (Å²) in [4.78, 5) is 25.5. The number of hydrogen-bond donors (Lipinski definition) is 2. The van der Waals surface area contributed by atoms with Crippen LogP contribution in [0.5, 0.6) is 0 Å². The van der Waals surface area contributed by atoms with Gasteiger partial charge in [-0.25, -0.2) is 0 Å². The minimum absolute atomic E-state index is 0.00361. The van der Waals surface area contributed by atoms with Gasteiger partial charge in [0.1, 0.15) is 13.2 Å². The predicted molar refractivity (Wildman–Crippen MR) is 312 cm³/mol. The Labute approximate surface area is 449 Å². The highest BCUT2D eigenvalue weighted by molar-refractivity contribution is 7.45. The molecule has 0 aromatic rings. The van der Waals surface area contributed by atoms with Crippen LogP contribution >= 0.6 is 7.82 Å². The van der Waals surface area contributed by atoms with E-state index in [-0.39, 0.29) is 19.1 Å². The average Bonchev–Trinajstić information content (AvgIpc) is 3.34. The maximum Gasteiger partial charge on any atom is 0.268 e. The Balaban J connectivity index is 4.12. The van der Waals surface area contributed by atoms with Crippen molar-refractivity contribution in [2.45, 2.75) is 334 Å². The zero-order valence-corrected chi connectivity index (χ0v) is 49.8. The first kappa shape index (κ1) is 71.0. The zero-order valence-electron chi connectivity index (χ0n) is 48.9. The van der Waals surface area contributed by atoms with Crippen LogP contribution in [0.3, 0.4) is 0 Å². The first-order chi connectivity index (χ1) is 35.0. The van der Waals surface area contributed by atoms with Crippen LogP contribution in [0.1, 0.15) is 322 Å². The molecule has 0 spiro atoms. The number of nitrogens with zero attached hydrogens (tertiary/aromatic N) is 1. The summed E-state index contributed by atoms with van der Waals surface area (Å²) < 4.78 is 23.4. The summed E-state index contributed by atoms with van der Waals surface area (Å²) in [5.74, 6) is -0.200. The molecule has 3 atom stereocenters. The molecular formula is C63H125N2O6P. The predicted octanol–water partition coefficient (Wildman–Crippen LogP) is 18.9. The smallest absolute Gasteiger partial charge is 0.268 e. The summed E-state index contributed by atoms with van der Waals surface area (Å²) in [6, 6.07) is -0.901. The minimum Gasteiger partial charge on any atom is -0.756 e. The van der Waals surface area contributed by atoms with Gasteiger partial charge in [0, 0.05) is 6.42 Å². The third kappa shape index (κ3) is 56.7. The second kappa shape index (κ2) is 54.8. The number of hydrogen-bond acceptors (Lipinski definition) is 6. The Kier molecular flexibility index (Phi) is 54.0. The highest BCUT2D eigenvalue weighted by atomic mass is 31.2. The Morgan fingerprint density at radius 1 is 0.472 bits per heavy atom. The summed E-state index contributed by atoms with van der Waals surface area (Å²) in [5.41, 5.74) is 0. The molecule has 0 aromatic carbocycles. The monoisotopic (exact) mass is 1040 g/mol.